The number of rotatable bonds is 5. The number of anilines is 1. The molecule has 1 amide bonds. The summed E-state index contributed by atoms with van der Waals surface area (Å²) >= 11 is 1.26. The van der Waals surface area contributed by atoms with E-state index in [1.165, 1.54) is 23.5 Å². The minimum absolute atomic E-state index is 0.0648. The fraction of sp³-hybridized carbons (Fsp3) is 0.250. The Bertz CT molecular complexity index is 941. The molecule has 3 aromatic rings. The Labute approximate surface area is 166 Å². The molecule has 2 aromatic carbocycles. The summed E-state index contributed by atoms with van der Waals surface area (Å²) < 4.78 is 13.8. The molecule has 1 N–H and O–H groups in total. The van der Waals surface area contributed by atoms with Gasteiger partial charge in [-0.3, -0.25) is 9.89 Å². The lowest BCUT2D eigenvalue weighted by Gasteiger charge is -2.36. The second-order valence-electron chi connectivity index (χ2n) is 6.44. The van der Waals surface area contributed by atoms with E-state index < -0.39 is 0 Å². The van der Waals surface area contributed by atoms with Crippen LogP contribution in [0.4, 0.5) is 10.1 Å². The number of thioether (sulfide) groups is 1. The van der Waals surface area contributed by atoms with E-state index >= 15 is 0 Å². The summed E-state index contributed by atoms with van der Waals surface area (Å²) in [5, 5.41) is 7.26. The van der Waals surface area contributed by atoms with E-state index in [1.54, 1.807) is 18.2 Å². The number of H-pyrrole nitrogens is 1. The van der Waals surface area contributed by atoms with Gasteiger partial charge in [-0.05, 0) is 24.3 Å². The van der Waals surface area contributed by atoms with Crippen LogP contribution in [0.1, 0.15) is 0 Å². The third-order valence-electron chi connectivity index (χ3n) is 4.67. The number of carbonyl (C=O) groups excluding carboxylic acids is 1. The van der Waals surface area contributed by atoms with E-state index in [0.29, 0.717) is 29.6 Å². The molecule has 6 nitrogen and oxygen atoms in total. The first-order valence-corrected chi connectivity index (χ1v) is 10.1. The molecule has 0 saturated carbocycles. The molecular formula is C20H20FN5OS. The molecule has 0 aliphatic carbocycles. The Morgan fingerprint density at radius 3 is 2.50 bits per heavy atom. The molecule has 0 bridgehead atoms. The Morgan fingerprint density at radius 1 is 1.04 bits per heavy atom. The van der Waals surface area contributed by atoms with E-state index in [9.17, 15) is 9.18 Å². The van der Waals surface area contributed by atoms with Crippen molar-refractivity contribution in [2.24, 2.45) is 0 Å². The standard InChI is InChI=1S/C20H20FN5OS/c21-17-9-5-4-8-16(17)19-22-20(24-23-19)28-14-18(27)26-12-10-25(11-13-26)15-6-2-1-3-7-15/h1-9H,10-14H2,(H,22,23,24). The van der Waals surface area contributed by atoms with Gasteiger partial charge in [0.25, 0.3) is 0 Å². The Hall–Kier alpha value is -2.87. The first kappa shape index (κ1) is 18.5. The predicted molar refractivity (Wildman–Crippen MR) is 108 cm³/mol. The van der Waals surface area contributed by atoms with Crippen molar-refractivity contribution in [1.82, 2.24) is 20.1 Å². The summed E-state index contributed by atoms with van der Waals surface area (Å²) in [6, 6.07) is 16.6. The number of hydrogen-bond acceptors (Lipinski definition) is 5. The maximum absolute atomic E-state index is 13.8. The van der Waals surface area contributed by atoms with Crippen molar-refractivity contribution in [2.45, 2.75) is 5.16 Å². The van der Waals surface area contributed by atoms with Gasteiger partial charge in [0.05, 0.1) is 11.3 Å². The molecular weight excluding hydrogens is 377 g/mol. The Kier molecular flexibility index (Phi) is 5.57. The number of piperazine rings is 1. The molecule has 2 heterocycles. The molecule has 1 fully saturated rings. The second-order valence-corrected chi connectivity index (χ2v) is 7.38. The van der Waals surface area contributed by atoms with Crippen molar-refractivity contribution >= 4 is 23.4 Å². The fourth-order valence-electron chi connectivity index (χ4n) is 3.16. The SMILES string of the molecule is O=C(CSc1n[nH]c(-c2ccccc2F)n1)N1CCN(c2ccccc2)CC1. The van der Waals surface area contributed by atoms with Crippen LogP contribution in [-0.2, 0) is 4.79 Å². The molecule has 1 saturated heterocycles. The monoisotopic (exact) mass is 397 g/mol. The zero-order valence-electron chi connectivity index (χ0n) is 15.2. The van der Waals surface area contributed by atoms with Gasteiger partial charge < -0.3 is 9.80 Å². The highest BCUT2D eigenvalue weighted by molar-refractivity contribution is 7.99. The van der Waals surface area contributed by atoms with E-state index in [1.807, 2.05) is 23.1 Å². The topological polar surface area (TPSA) is 65.1 Å². The van der Waals surface area contributed by atoms with Gasteiger partial charge in [0.2, 0.25) is 11.1 Å². The highest BCUT2D eigenvalue weighted by Crippen LogP contribution is 2.22. The minimum Gasteiger partial charge on any atom is -0.368 e. The van der Waals surface area contributed by atoms with Crippen molar-refractivity contribution < 1.29 is 9.18 Å². The second kappa shape index (κ2) is 8.43. The quantitative estimate of drug-likeness (QED) is 0.671. The Balaban J connectivity index is 1.29. The Morgan fingerprint density at radius 2 is 1.75 bits per heavy atom. The molecule has 1 aliphatic rings. The molecule has 28 heavy (non-hydrogen) atoms. The molecule has 0 atom stereocenters. The van der Waals surface area contributed by atoms with E-state index in [2.05, 4.69) is 32.2 Å². The van der Waals surface area contributed by atoms with Crippen molar-refractivity contribution in [1.29, 1.82) is 0 Å². The van der Waals surface area contributed by atoms with Gasteiger partial charge >= 0.3 is 0 Å². The van der Waals surface area contributed by atoms with Crippen LogP contribution in [0.3, 0.4) is 0 Å². The van der Waals surface area contributed by atoms with Gasteiger partial charge in [0.1, 0.15) is 5.82 Å². The molecule has 8 heteroatoms. The molecule has 1 aromatic heterocycles. The first-order chi connectivity index (χ1) is 13.7. The van der Waals surface area contributed by atoms with Crippen LogP contribution < -0.4 is 4.90 Å². The molecule has 0 spiro atoms. The van der Waals surface area contributed by atoms with Crippen LogP contribution in [0.2, 0.25) is 0 Å². The van der Waals surface area contributed by atoms with Gasteiger partial charge in [-0.2, -0.15) is 0 Å². The third kappa shape index (κ3) is 4.17. The fourth-order valence-corrected chi connectivity index (χ4v) is 3.86. The molecule has 4 rings (SSSR count). The van der Waals surface area contributed by atoms with Crippen LogP contribution in [0.25, 0.3) is 11.4 Å². The number of aromatic amines is 1. The normalized spacial score (nSPS) is 14.3. The van der Waals surface area contributed by atoms with Crippen LogP contribution in [0.5, 0.6) is 0 Å². The van der Waals surface area contributed by atoms with Crippen molar-refractivity contribution in [3.05, 3.63) is 60.4 Å². The number of aromatic nitrogens is 3. The number of benzene rings is 2. The van der Waals surface area contributed by atoms with Gasteiger partial charge in [0.15, 0.2) is 5.82 Å². The van der Waals surface area contributed by atoms with Gasteiger partial charge in [0, 0.05) is 31.9 Å². The van der Waals surface area contributed by atoms with Crippen molar-refractivity contribution in [2.75, 3.05) is 36.8 Å². The maximum Gasteiger partial charge on any atom is 0.233 e. The number of carbonyl (C=O) groups is 1. The molecule has 144 valence electrons. The predicted octanol–water partition coefficient (Wildman–Crippen LogP) is 3.05. The zero-order chi connectivity index (χ0) is 19.3. The summed E-state index contributed by atoms with van der Waals surface area (Å²) in [5.41, 5.74) is 1.55. The minimum atomic E-state index is -0.359. The molecule has 1 aliphatic heterocycles. The number of para-hydroxylation sites is 1. The summed E-state index contributed by atoms with van der Waals surface area (Å²) in [7, 11) is 0. The zero-order valence-corrected chi connectivity index (χ0v) is 16.0. The van der Waals surface area contributed by atoms with Crippen LogP contribution >= 0.6 is 11.8 Å². The number of halogens is 1. The first-order valence-electron chi connectivity index (χ1n) is 9.08. The highest BCUT2D eigenvalue weighted by atomic mass is 32.2. The maximum atomic E-state index is 13.8. The van der Waals surface area contributed by atoms with E-state index in [0.717, 1.165) is 13.1 Å². The van der Waals surface area contributed by atoms with Gasteiger partial charge in [-0.25, -0.2) is 9.37 Å². The number of nitrogens with one attached hydrogen (secondary N) is 1. The number of hydrogen-bond donors (Lipinski definition) is 1. The van der Waals surface area contributed by atoms with E-state index in [-0.39, 0.29) is 17.5 Å². The highest BCUT2D eigenvalue weighted by Gasteiger charge is 2.22. The van der Waals surface area contributed by atoms with Crippen LogP contribution in [0.15, 0.2) is 59.8 Å². The average Bonchev–Trinajstić information content (AvgIpc) is 3.22. The molecule has 0 unspecified atom stereocenters. The third-order valence-corrected chi connectivity index (χ3v) is 5.50. The van der Waals surface area contributed by atoms with Crippen molar-refractivity contribution in [3.8, 4) is 11.4 Å². The smallest absolute Gasteiger partial charge is 0.233 e. The summed E-state index contributed by atoms with van der Waals surface area (Å²) in [5.74, 6) is 0.335. The lowest BCUT2D eigenvalue weighted by atomic mass is 10.2. The van der Waals surface area contributed by atoms with Gasteiger partial charge in [-0.15, -0.1) is 5.10 Å². The number of nitrogens with zero attached hydrogens (tertiary/aromatic N) is 4. The van der Waals surface area contributed by atoms with E-state index in [4.69, 9.17) is 0 Å². The van der Waals surface area contributed by atoms with Crippen LogP contribution in [-0.4, -0.2) is 57.9 Å². The summed E-state index contributed by atoms with van der Waals surface area (Å²) in [6.07, 6.45) is 0. The lowest BCUT2D eigenvalue weighted by molar-refractivity contribution is -0.128. The van der Waals surface area contributed by atoms with Gasteiger partial charge in [-0.1, -0.05) is 42.1 Å². The average molecular weight is 397 g/mol. The lowest BCUT2D eigenvalue weighted by Crippen LogP contribution is -2.49. The largest absolute Gasteiger partial charge is 0.368 e. The summed E-state index contributed by atoms with van der Waals surface area (Å²) in [4.78, 5) is 21.0. The molecule has 0 radical (unpaired) electrons. The van der Waals surface area contributed by atoms with Crippen molar-refractivity contribution in [3.63, 3.8) is 0 Å². The summed E-state index contributed by atoms with van der Waals surface area (Å²) in [6.45, 7) is 3.03. The number of amides is 1. The van der Waals surface area contributed by atoms with Crippen LogP contribution in [0, 0.1) is 5.82 Å².